The quantitative estimate of drug-likeness (QED) is 0.721. The number of nitrogens with one attached hydrogen (secondary N) is 1. The monoisotopic (exact) mass is 396 g/mol. The molecule has 1 saturated heterocycles. The van der Waals surface area contributed by atoms with Crippen molar-refractivity contribution in [3.63, 3.8) is 0 Å². The van der Waals surface area contributed by atoms with E-state index >= 15 is 0 Å². The number of likely N-dealkylation sites (tertiary alicyclic amines) is 1. The van der Waals surface area contributed by atoms with Crippen LogP contribution in [0.15, 0.2) is 36.4 Å². The molecule has 2 amide bonds. The molecule has 7 heteroatoms. The minimum absolute atomic E-state index is 0.0117. The van der Waals surface area contributed by atoms with Gasteiger partial charge in [0.05, 0.1) is 10.6 Å². The van der Waals surface area contributed by atoms with Gasteiger partial charge >= 0.3 is 0 Å². The molecule has 6 nitrogen and oxygen atoms in total. The third-order valence-electron chi connectivity index (χ3n) is 5.27. The van der Waals surface area contributed by atoms with Crippen molar-refractivity contribution >= 4 is 33.4 Å². The molecule has 1 aliphatic heterocycles. The summed E-state index contributed by atoms with van der Waals surface area (Å²) in [4.78, 5) is 28.7. The van der Waals surface area contributed by atoms with Gasteiger partial charge in [0, 0.05) is 38.0 Å². The highest BCUT2D eigenvalue weighted by atomic mass is 32.1. The Bertz CT molecular complexity index is 974. The van der Waals surface area contributed by atoms with Crippen LogP contribution in [-0.4, -0.2) is 45.6 Å². The molecule has 1 atom stereocenters. The average molecular weight is 397 g/mol. The number of fused-ring (bicyclic) bond motifs is 1. The molecule has 1 fully saturated rings. The van der Waals surface area contributed by atoms with Crippen molar-refractivity contribution in [3.8, 4) is 0 Å². The molecule has 1 aliphatic rings. The van der Waals surface area contributed by atoms with E-state index in [0.29, 0.717) is 24.4 Å². The standard InChI is InChI=1S/C21H24N4O2S/c1-14-17-12-18(28-21(17)24(2)23-14)20(27)22-16-10-11-25(13-16)19(26)9-8-15-6-4-3-5-7-15/h3-7,12,16H,8-11,13H2,1-2H3,(H,22,27). The van der Waals surface area contributed by atoms with Crippen molar-refractivity contribution in [3.05, 3.63) is 52.5 Å². The highest BCUT2D eigenvalue weighted by Gasteiger charge is 2.28. The first-order valence-corrected chi connectivity index (χ1v) is 10.4. The third-order valence-corrected chi connectivity index (χ3v) is 6.47. The molecule has 1 N–H and O–H groups in total. The Labute approximate surface area is 168 Å². The van der Waals surface area contributed by atoms with Crippen LogP contribution in [0.5, 0.6) is 0 Å². The molecule has 0 bridgehead atoms. The van der Waals surface area contributed by atoms with Gasteiger partial charge in [-0.2, -0.15) is 5.10 Å². The predicted molar refractivity (Wildman–Crippen MR) is 111 cm³/mol. The van der Waals surface area contributed by atoms with Crippen molar-refractivity contribution < 1.29 is 9.59 Å². The Morgan fingerprint density at radius 1 is 1.29 bits per heavy atom. The van der Waals surface area contributed by atoms with E-state index in [0.717, 1.165) is 28.8 Å². The second kappa shape index (κ2) is 7.75. The zero-order valence-corrected chi connectivity index (χ0v) is 17.0. The fraction of sp³-hybridized carbons (Fsp3) is 0.381. The largest absolute Gasteiger partial charge is 0.347 e. The Kier molecular flexibility index (Phi) is 5.17. The molecule has 28 heavy (non-hydrogen) atoms. The number of nitrogens with zero attached hydrogens (tertiary/aromatic N) is 3. The van der Waals surface area contributed by atoms with E-state index in [4.69, 9.17) is 0 Å². The Balaban J connectivity index is 1.31. The van der Waals surface area contributed by atoms with Crippen molar-refractivity contribution in [1.82, 2.24) is 20.0 Å². The number of aryl methyl sites for hydroxylation is 3. The minimum atomic E-state index is -0.0656. The SMILES string of the molecule is Cc1nn(C)c2sc(C(=O)NC3CCN(C(=O)CCc4ccccc4)C3)cc12. The summed E-state index contributed by atoms with van der Waals surface area (Å²) in [7, 11) is 1.89. The maximum absolute atomic E-state index is 12.6. The summed E-state index contributed by atoms with van der Waals surface area (Å²) in [5.41, 5.74) is 2.11. The maximum atomic E-state index is 12.6. The van der Waals surface area contributed by atoms with Crippen molar-refractivity contribution in [2.45, 2.75) is 32.2 Å². The lowest BCUT2D eigenvalue weighted by atomic mass is 10.1. The maximum Gasteiger partial charge on any atom is 0.261 e. The van der Waals surface area contributed by atoms with Gasteiger partial charge in [0.25, 0.3) is 5.91 Å². The van der Waals surface area contributed by atoms with Crippen LogP contribution in [-0.2, 0) is 18.3 Å². The second-order valence-electron chi connectivity index (χ2n) is 7.32. The van der Waals surface area contributed by atoms with Gasteiger partial charge in [0.15, 0.2) is 0 Å². The molecule has 0 saturated carbocycles. The molecule has 0 spiro atoms. The number of thiophene rings is 1. The van der Waals surface area contributed by atoms with Crippen molar-refractivity contribution in [2.75, 3.05) is 13.1 Å². The van der Waals surface area contributed by atoms with Crippen LogP contribution < -0.4 is 5.32 Å². The van der Waals surface area contributed by atoms with Gasteiger partial charge in [-0.15, -0.1) is 11.3 Å². The van der Waals surface area contributed by atoms with E-state index in [-0.39, 0.29) is 17.9 Å². The first-order valence-electron chi connectivity index (χ1n) is 9.57. The van der Waals surface area contributed by atoms with E-state index in [1.165, 1.54) is 16.9 Å². The van der Waals surface area contributed by atoms with Gasteiger partial charge in [-0.1, -0.05) is 30.3 Å². The third kappa shape index (κ3) is 3.80. The molecular formula is C21H24N4O2S. The highest BCUT2D eigenvalue weighted by Crippen LogP contribution is 2.27. The van der Waals surface area contributed by atoms with E-state index < -0.39 is 0 Å². The molecular weight excluding hydrogens is 372 g/mol. The van der Waals surface area contributed by atoms with Crippen molar-refractivity contribution in [2.24, 2.45) is 7.05 Å². The van der Waals surface area contributed by atoms with Crippen LogP contribution in [0.2, 0.25) is 0 Å². The molecule has 3 heterocycles. The van der Waals surface area contributed by atoms with E-state index in [1.807, 2.05) is 60.0 Å². The summed E-state index contributed by atoms with van der Waals surface area (Å²) in [6.45, 7) is 3.24. The molecule has 2 aromatic heterocycles. The number of amides is 2. The zero-order valence-electron chi connectivity index (χ0n) is 16.1. The summed E-state index contributed by atoms with van der Waals surface area (Å²) < 4.78 is 1.81. The van der Waals surface area contributed by atoms with E-state index in [1.54, 1.807) is 0 Å². The molecule has 4 rings (SSSR count). The van der Waals surface area contributed by atoms with E-state index in [9.17, 15) is 9.59 Å². The topological polar surface area (TPSA) is 67.2 Å². The van der Waals surface area contributed by atoms with Gasteiger partial charge in [-0.25, -0.2) is 0 Å². The predicted octanol–water partition coefficient (Wildman–Crippen LogP) is 2.91. The summed E-state index contributed by atoms with van der Waals surface area (Å²) >= 11 is 1.46. The van der Waals surface area contributed by atoms with Crippen LogP contribution in [0.3, 0.4) is 0 Å². The number of aromatic nitrogens is 2. The average Bonchev–Trinajstić information content (AvgIpc) is 3.39. The molecule has 0 aliphatic carbocycles. The molecule has 1 aromatic carbocycles. The lowest BCUT2D eigenvalue weighted by Crippen LogP contribution is -2.38. The summed E-state index contributed by atoms with van der Waals surface area (Å²) in [5, 5.41) is 8.49. The van der Waals surface area contributed by atoms with Gasteiger partial charge in [-0.3, -0.25) is 14.3 Å². The molecule has 0 radical (unpaired) electrons. The van der Waals surface area contributed by atoms with Crippen LogP contribution >= 0.6 is 11.3 Å². The van der Waals surface area contributed by atoms with Gasteiger partial charge < -0.3 is 10.2 Å². The lowest BCUT2D eigenvalue weighted by Gasteiger charge is -2.17. The second-order valence-corrected chi connectivity index (χ2v) is 8.35. The lowest BCUT2D eigenvalue weighted by molar-refractivity contribution is -0.130. The number of hydrogen-bond donors (Lipinski definition) is 1. The normalized spacial score (nSPS) is 16.6. The Hall–Kier alpha value is -2.67. The van der Waals surface area contributed by atoms with Crippen LogP contribution in [0.25, 0.3) is 10.2 Å². The van der Waals surface area contributed by atoms with Crippen LogP contribution in [0, 0.1) is 6.92 Å². The van der Waals surface area contributed by atoms with E-state index in [2.05, 4.69) is 10.4 Å². The van der Waals surface area contributed by atoms with Gasteiger partial charge in [0.1, 0.15) is 4.83 Å². The number of benzene rings is 1. The Morgan fingerprint density at radius 3 is 2.82 bits per heavy atom. The smallest absolute Gasteiger partial charge is 0.261 e. The Morgan fingerprint density at radius 2 is 2.07 bits per heavy atom. The first kappa shape index (κ1) is 18.7. The van der Waals surface area contributed by atoms with Crippen LogP contribution in [0.1, 0.15) is 33.8 Å². The minimum Gasteiger partial charge on any atom is -0.347 e. The molecule has 3 aromatic rings. The fourth-order valence-electron chi connectivity index (χ4n) is 3.73. The summed E-state index contributed by atoms with van der Waals surface area (Å²) in [5.74, 6) is 0.0911. The number of carbonyl (C=O) groups excluding carboxylic acids is 2. The zero-order chi connectivity index (χ0) is 19.7. The highest BCUT2D eigenvalue weighted by molar-refractivity contribution is 7.20. The summed E-state index contributed by atoms with van der Waals surface area (Å²) in [6, 6.07) is 12.0. The summed E-state index contributed by atoms with van der Waals surface area (Å²) in [6.07, 6.45) is 2.06. The van der Waals surface area contributed by atoms with Crippen LogP contribution in [0.4, 0.5) is 0 Å². The number of rotatable bonds is 5. The van der Waals surface area contributed by atoms with Gasteiger partial charge in [0.2, 0.25) is 5.91 Å². The van der Waals surface area contributed by atoms with Crippen molar-refractivity contribution in [1.29, 1.82) is 0 Å². The first-order chi connectivity index (χ1) is 13.5. The number of hydrogen-bond acceptors (Lipinski definition) is 4. The van der Waals surface area contributed by atoms with Gasteiger partial charge in [-0.05, 0) is 31.4 Å². The molecule has 146 valence electrons. The fourth-order valence-corrected chi connectivity index (χ4v) is 4.76. The molecule has 1 unspecified atom stereocenters. The number of carbonyl (C=O) groups is 2.